The summed E-state index contributed by atoms with van der Waals surface area (Å²) < 4.78 is 0. The van der Waals surface area contributed by atoms with Crippen molar-refractivity contribution >= 4 is 18.3 Å². The zero-order valence-corrected chi connectivity index (χ0v) is 15.8. The van der Waals surface area contributed by atoms with Crippen LogP contribution in [0.3, 0.4) is 0 Å². The van der Waals surface area contributed by atoms with Crippen molar-refractivity contribution in [2.24, 2.45) is 5.92 Å². The molecule has 0 radical (unpaired) electrons. The third kappa shape index (κ3) is 3.78. The summed E-state index contributed by atoms with van der Waals surface area (Å²) in [4.78, 5) is 15.7. The van der Waals surface area contributed by atoms with Gasteiger partial charge in [0.05, 0.1) is 5.41 Å². The Morgan fingerprint density at radius 1 is 1.29 bits per heavy atom. The van der Waals surface area contributed by atoms with Crippen molar-refractivity contribution in [3.63, 3.8) is 0 Å². The number of halogens is 1. The van der Waals surface area contributed by atoms with Crippen molar-refractivity contribution in [1.29, 1.82) is 0 Å². The molecule has 134 valence electrons. The Morgan fingerprint density at radius 3 is 2.71 bits per heavy atom. The molecular weight excluding hydrogens is 320 g/mol. The molecule has 1 aliphatic heterocycles. The lowest BCUT2D eigenvalue weighted by atomic mass is 9.76. The van der Waals surface area contributed by atoms with Crippen molar-refractivity contribution < 1.29 is 4.79 Å². The molecule has 2 aliphatic rings. The molecule has 1 saturated carbocycles. The highest BCUT2D eigenvalue weighted by Crippen LogP contribution is 2.43. The molecule has 1 unspecified atom stereocenters. The maximum atomic E-state index is 13.5. The minimum Gasteiger partial charge on any atom is -0.342 e. The third-order valence-corrected chi connectivity index (χ3v) is 5.74. The van der Waals surface area contributed by atoms with E-state index >= 15 is 0 Å². The molecule has 4 heteroatoms. The summed E-state index contributed by atoms with van der Waals surface area (Å²) in [6.45, 7) is 5.00. The Labute approximate surface area is 152 Å². The standard InChI is InChI=1S/C20H30N2O.ClH/c1-16-7-5-9-18(13-16)20(10-3-4-11-20)19(23)22-12-6-8-17(15-22)14-21-2;/h5,7,9,13,17,21H,3-4,6,8,10-12,14-15H2,1-2H3;1H. The highest BCUT2D eigenvalue weighted by Gasteiger charge is 2.45. The average Bonchev–Trinajstić information content (AvgIpc) is 3.06. The molecule has 1 saturated heterocycles. The van der Waals surface area contributed by atoms with Crippen LogP contribution in [-0.2, 0) is 10.2 Å². The Kier molecular flexibility index (Phi) is 6.70. The molecule has 0 spiro atoms. The van der Waals surface area contributed by atoms with Crippen LogP contribution in [-0.4, -0.2) is 37.5 Å². The fraction of sp³-hybridized carbons (Fsp3) is 0.650. The van der Waals surface area contributed by atoms with Gasteiger partial charge < -0.3 is 10.2 Å². The molecule has 1 aromatic carbocycles. The number of benzene rings is 1. The molecule has 1 amide bonds. The van der Waals surface area contributed by atoms with E-state index in [0.29, 0.717) is 11.8 Å². The van der Waals surface area contributed by atoms with Gasteiger partial charge >= 0.3 is 0 Å². The highest BCUT2D eigenvalue weighted by molar-refractivity contribution is 5.88. The summed E-state index contributed by atoms with van der Waals surface area (Å²) in [5.74, 6) is 0.995. The van der Waals surface area contributed by atoms with Crippen LogP contribution in [0.15, 0.2) is 24.3 Å². The van der Waals surface area contributed by atoms with Gasteiger partial charge in [0.15, 0.2) is 0 Å². The number of likely N-dealkylation sites (tertiary alicyclic amines) is 1. The maximum absolute atomic E-state index is 13.5. The first-order valence-electron chi connectivity index (χ1n) is 9.17. The third-order valence-electron chi connectivity index (χ3n) is 5.74. The number of nitrogens with one attached hydrogen (secondary N) is 1. The number of rotatable bonds is 4. The Hall–Kier alpha value is -1.06. The fourth-order valence-corrected chi connectivity index (χ4v) is 4.55. The molecule has 24 heavy (non-hydrogen) atoms. The van der Waals surface area contributed by atoms with Crippen LogP contribution in [0.1, 0.15) is 49.7 Å². The van der Waals surface area contributed by atoms with Crippen molar-refractivity contribution in [3.8, 4) is 0 Å². The smallest absolute Gasteiger partial charge is 0.233 e. The van der Waals surface area contributed by atoms with E-state index in [1.807, 2.05) is 7.05 Å². The molecule has 3 nitrogen and oxygen atoms in total. The van der Waals surface area contributed by atoms with Crippen LogP contribution in [0.5, 0.6) is 0 Å². The van der Waals surface area contributed by atoms with Crippen molar-refractivity contribution in [2.75, 3.05) is 26.7 Å². The average molecular weight is 351 g/mol. The summed E-state index contributed by atoms with van der Waals surface area (Å²) in [7, 11) is 2.01. The zero-order valence-electron chi connectivity index (χ0n) is 15.0. The summed E-state index contributed by atoms with van der Waals surface area (Å²) in [6.07, 6.45) is 6.76. The Morgan fingerprint density at radius 2 is 2.04 bits per heavy atom. The number of amides is 1. The van der Waals surface area contributed by atoms with Crippen LogP contribution in [0.2, 0.25) is 0 Å². The Balaban J connectivity index is 0.00000208. The highest BCUT2D eigenvalue weighted by atomic mass is 35.5. The molecule has 3 rings (SSSR count). The van der Waals surface area contributed by atoms with Crippen molar-refractivity contribution in [3.05, 3.63) is 35.4 Å². The summed E-state index contributed by atoms with van der Waals surface area (Å²) in [5, 5.41) is 3.28. The second-order valence-corrected chi connectivity index (χ2v) is 7.48. The molecule has 1 atom stereocenters. The summed E-state index contributed by atoms with van der Waals surface area (Å²) in [5.41, 5.74) is 2.25. The monoisotopic (exact) mass is 350 g/mol. The van der Waals surface area contributed by atoms with Gasteiger partial charge in [-0.2, -0.15) is 0 Å². The first-order valence-corrected chi connectivity index (χ1v) is 9.17. The zero-order chi connectivity index (χ0) is 16.3. The molecule has 0 bridgehead atoms. The van der Waals surface area contributed by atoms with E-state index in [1.165, 1.54) is 30.4 Å². The van der Waals surface area contributed by atoms with Gasteiger partial charge in [-0.15, -0.1) is 12.4 Å². The first kappa shape index (κ1) is 19.3. The fourth-order valence-electron chi connectivity index (χ4n) is 4.55. The van der Waals surface area contributed by atoms with Gasteiger partial charge in [-0.25, -0.2) is 0 Å². The lowest BCUT2D eigenvalue weighted by Crippen LogP contribution is -2.50. The van der Waals surface area contributed by atoms with Crippen molar-refractivity contribution in [2.45, 2.75) is 50.9 Å². The van der Waals surface area contributed by atoms with Crippen LogP contribution >= 0.6 is 12.4 Å². The lowest BCUT2D eigenvalue weighted by molar-refractivity contribution is -0.139. The van der Waals surface area contributed by atoms with Gasteiger partial charge in [0, 0.05) is 13.1 Å². The van der Waals surface area contributed by atoms with Gasteiger partial charge in [0.2, 0.25) is 5.91 Å². The van der Waals surface area contributed by atoms with Gasteiger partial charge in [-0.1, -0.05) is 42.7 Å². The molecule has 1 aromatic rings. The van der Waals surface area contributed by atoms with Crippen LogP contribution in [0.25, 0.3) is 0 Å². The van der Waals surface area contributed by atoms with Crippen LogP contribution < -0.4 is 5.32 Å². The van der Waals surface area contributed by atoms with Gasteiger partial charge in [-0.3, -0.25) is 4.79 Å². The number of carbonyl (C=O) groups is 1. The van der Waals surface area contributed by atoms with Crippen LogP contribution in [0, 0.1) is 12.8 Å². The predicted molar refractivity (Wildman–Crippen MR) is 102 cm³/mol. The van der Waals surface area contributed by atoms with Crippen LogP contribution in [0.4, 0.5) is 0 Å². The van der Waals surface area contributed by atoms with E-state index in [2.05, 4.69) is 41.4 Å². The number of piperidine rings is 1. The maximum Gasteiger partial charge on any atom is 0.233 e. The van der Waals surface area contributed by atoms with E-state index in [0.717, 1.165) is 38.9 Å². The molecule has 1 N–H and O–H groups in total. The summed E-state index contributed by atoms with van der Waals surface area (Å²) >= 11 is 0. The number of nitrogens with zero attached hydrogens (tertiary/aromatic N) is 1. The second kappa shape index (κ2) is 8.35. The predicted octanol–water partition coefficient (Wildman–Crippen LogP) is 3.69. The lowest BCUT2D eigenvalue weighted by Gasteiger charge is -2.39. The van der Waals surface area contributed by atoms with E-state index in [-0.39, 0.29) is 17.8 Å². The van der Waals surface area contributed by atoms with Gasteiger partial charge in [0.1, 0.15) is 0 Å². The molecule has 2 fully saturated rings. The van der Waals surface area contributed by atoms with Gasteiger partial charge in [0.25, 0.3) is 0 Å². The topological polar surface area (TPSA) is 32.3 Å². The molecule has 1 aliphatic carbocycles. The molecule has 1 heterocycles. The molecular formula is C20H31ClN2O. The summed E-state index contributed by atoms with van der Waals surface area (Å²) in [6, 6.07) is 8.64. The quantitative estimate of drug-likeness (QED) is 0.898. The number of hydrogen-bond donors (Lipinski definition) is 1. The van der Waals surface area contributed by atoms with E-state index < -0.39 is 0 Å². The van der Waals surface area contributed by atoms with E-state index in [9.17, 15) is 4.79 Å². The Bertz CT molecular complexity index is 552. The minimum absolute atomic E-state index is 0. The minimum atomic E-state index is -0.256. The number of aryl methyl sites for hydroxylation is 1. The normalized spacial score (nSPS) is 22.9. The second-order valence-electron chi connectivity index (χ2n) is 7.48. The number of carbonyl (C=O) groups excluding carboxylic acids is 1. The number of hydrogen-bond acceptors (Lipinski definition) is 2. The van der Waals surface area contributed by atoms with Crippen molar-refractivity contribution in [1.82, 2.24) is 10.2 Å². The van der Waals surface area contributed by atoms with Gasteiger partial charge in [-0.05, 0) is 57.7 Å². The first-order chi connectivity index (χ1) is 11.2. The van der Waals surface area contributed by atoms with E-state index in [1.54, 1.807) is 0 Å². The van der Waals surface area contributed by atoms with E-state index in [4.69, 9.17) is 0 Å². The SMILES string of the molecule is CNCC1CCCN(C(=O)C2(c3cccc(C)c3)CCCC2)C1.Cl. The largest absolute Gasteiger partial charge is 0.342 e. The molecule has 0 aromatic heterocycles.